The molecule has 0 aliphatic heterocycles. The van der Waals surface area contributed by atoms with Crippen LogP contribution in [-0.4, -0.2) is 33.5 Å². The van der Waals surface area contributed by atoms with Crippen molar-refractivity contribution in [1.29, 1.82) is 0 Å². The van der Waals surface area contributed by atoms with Gasteiger partial charge in [-0.25, -0.2) is 4.52 Å². The van der Waals surface area contributed by atoms with Crippen LogP contribution in [-0.2, 0) is 0 Å². The summed E-state index contributed by atoms with van der Waals surface area (Å²) < 4.78 is 1.81. The van der Waals surface area contributed by atoms with Crippen molar-refractivity contribution >= 4 is 11.4 Å². The Morgan fingerprint density at radius 1 is 1.17 bits per heavy atom. The zero-order valence-electron chi connectivity index (χ0n) is 14.9. The highest BCUT2D eigenvalue weighted by atomic mass is 16.2. The van der Waals surface area contributed by atoms with Gasteiger partial charge in [0.1, 0.15) is 0 Å². The fourth-order valence-electron chi connectivity index (χ4n) is 3.27. The maximum Gasteiger partial charge on any atom is 0.257 e. The van der Waals surface area contributed by atoms with E-state index in [2.05, 4.69) is 31.1 Å². The van der Waals surface area contributed by atoms with Crippen molar-refractivity contribution in [2.45, 2.75) is 59.3 Å². The number of carbonyl (C=O) groups is 1. The van der Waals surface area contributed by atoms with Crippen LogP contribution >= 0.6 is 0 Å². The Kier molecular flexibility index (Phi) is 6.20. The quantitative estimate of drug-likeness (QED) is 0.719. The van der Waals surface area contributed by atoms with Crippen LogP contribution in [0.5, 0.6) is 0 Å². The van der Waals surface area contributed by atoms with Crippen LogP contribution < -0.4 is 0 Å². The van der Waals surface area contributed by atoms with Gasteiger partial charge in [0.25, 0.3) is 5.91 Å². The van der Waals surface area contributed by atoms with Crippen molar-refractivity contribution in [2.24, 2.45) is 0 Å². The second-order valence-electron chi connectivity index (χ2n) is 6.10. The molecule has 0 unspecified atom stereocenters. The number of nitrogens with zero attached hydrogens (tertiary/aromatic N) is 3. The molecule has 0 N–H and O–H groups in total. The second-order valence-corrected chi connectivity index (χ2v) is 6.10. The van der Waals surface area contributed by atoms with Crippen molar-refractivity contribution in [3.05, 3.63) is 35.7 Å². The van der Waals surface area contributed by atoms with Crippen LogP contribution in [0.15, 0.2) is 24.5 Å². The summed E-state index contributed by atoms with van der Waals surface area (Å²) in [5, 5.41) is 4.35. The number of hydrogen-bond acceptors (Lipinski definition) is 2. The highest BCUT2D eigenvalue weighted by molar-refractivity contribution is 6.00. The molecule has 0 atom stereocenters. The Labute approximate surface area is 139 Å². The SMILES string of the molecule is CCCC(CCC)c1ccn2ncc(C(=O)N(CC)CC)c2c1. The fourth-order valence-corrected chi connectivity index (χ4v) is 3.27. The van der Waals surface area contributed by atoms with E-state index >= 15 is 0 Å². The summed E-state index contributed by atoms with van der Waals surface area (Å²) in [7, 11) is 0. The Bertz CT molecular complexity index is 637. The predicted molar refractivity (Wildman–Crippen MR) is 95.0 cm³/mol. The Morgan fingerprint density at radius 2 is 1.83 bits per heavy atom. The lowest BCUT2D eigenvalue weighted by Crippen LogP contribution is -2.30. The van der Waals surface area contributed by atoms with Gasteiger partial charge in [-0.2, -0.15) is 5.10 Å². The predicted octanol–water partition coefficient (Wildman–Crippen LogP) is 4.50. The van der Waals surface area contributed by atoms with Crippen molar-refractivity contribution in [3.63, 3.8) is 0 Å². The first-order chi connectivity index (χ1) is 11.2. The van der Waals surface area contributed by atoms with Crippen LogP contribution in [0.4, 0.5) is 0 Å². The molecule has 0 fully saturated rings. The number of amides is 1. The molecule has 4 nitrogen and oxygen atoms in total. The third-order valence-corrected chi connectivity index (χ3v) is 4.57. The van der Waals surface area contributed by atoms with Gasteiger partial charge in [-0.3, -0.25) is 4.79 Å². The van der Waals surface area contributed by atoms with Crippen LogP contribution in [0.2, 0.25) is 0 Å². The first-order valence-electron chi connectivity index (χ1n) is 8.92. The monoisotopic (exact) mass is 315 g/mol. The minimum atomic E-state index is 0.0738. The molecule has 0 aliphatic carbocycles. The molecule has 1 amide bonds. The number of carbonyl (C=O) groups excluding carboxylic acids is 1. The molecule has 2 aromatic rings. The Morgan fingerprint density at radius 3 is 2.39 bits per heavy atom. The molecule has 2 aromatic heterocycles. The normalized spacial score (nSPS) is 11.3. The molecular weight excluding hydrogens is 286 g/mol. The smallest absolute Gasteiger partial charge is 0.257 e. The Hall–Kier alpha value is -1.84. The van der Waals surface area contributed by atoms with Gasteiger partial charge in [-0.05, 0) is 50.3 Å². The molecular formula is C19H29N3O. The lowest BCUT2D eigenvalue weighted by Gasteiger charge is -2.18. The molecule has 0 aromatic carbocycles. The van der Waals surface area contributed by atoms with Crippen LogP contribution in [0, 0.1) is 0 Å². The van der Waals surface area contributed by atoms with Crippen molar-refractivity contribution in [2.75, 3.05) is 13.1 Å². The minimum Gasteiger partial charge on any atom is -0.339 e. The van der Waals surface area contributed by atoms with E-state index in [1.807, 2.05) is 29.5 Å². The summed E-state index contributed by atoms with van der Waals surface area (Å²) in [5.74, 6) is 0.644. The van der Waals surface area contributed by atoms with Crippen molar-refractivity contribution in [1.82, 2.24) is 14.5 Å². The average Bonchev–Trinajstić information content (AvgIpc) is 2.98. The van der Waals surface area contributed by atoms with E-state index in [1.54, 1.807) is 6.20 Å². The summed E-state index contributed by atoms with van der Waals surface area (Å²) in [6.45, 7) is 9.93. The maximum absolute atomic E-state index is 12.7. The number of aromatic nitrogens is 2. The van der Waals surface area contributed by atoms with Gasteiger partial charge in [-0.1, -0.05) is 26.7 Å². The number of pyridine rings is 1. The van der Waals surface area contributed by atoms with E-state index in [9.17, 15) is 4.79 Å². The standard InChI is InChI=1S/C19H29N3O/c1-5-9-15(10-6-2)16-11-12-22-18(13-16)17(14-20-22)19(23)21(7-3)8-4/h11-15H,5-10H2,1-4H3. The largest absolute Gasteiger partial charge is 0.339 e. The zero-order chi connectivity index (χ0) is 16.8. The summed E-state index contributed by atoms with van der Waals surface area (Å²) in [6, 6.07) is 4.32. The third-order valence-electron chi connectivity index (χ3n) is 4.57. The molecule has 4 heteroatoms. The fraction of sp³-hybridized carbons (Fsp3) is 0.579. The van der Waals surface area contributed by atoms with Crippen molar-refractivity contribution in [3.8, 4) is 0 Å². The molecule has 2 heterocycles. The summed E-state index contributed by atoms with van der Waals surface area (Å²) in [5.41, 5.74) is 2.97. The van der Waals surface area contributed by atoms with Crippen molar-refractivity contribution < 1.29 is 4.79 Å². The third kappa shape index (κ3) is 3.74. The minimum absolute atomic E-state index is 0.0738. The van der Waals surface area contributed by atoms with Crippen LogP contribution in [0.25, 0.3) is 5.52 Å². The van der Waals surface area contributed by atoms with E-state index in [4.69, 9.17) is 0 Å². The van der Waals surface area contributed by atoms with E-state index in [0.29, 0.717) is 11.5 Å². The van der Waals surface area contributed by atoms with Gasteiger partial charge in [0.2, 0.25) is 0 Å². The molecule has 23 heavy (non-hydrogen) atoms. The van der Waals surface area contributed by atoms with Gasteiger partial charge in [0.05, 0.1) is 17.3 Å². The number of hydrogen-bond donors (Lipinski definition) is 0. The molecule has 0 aliphatic rings. The molecule has 0 spiro atoms. The molecule has 0 radical (unpaired) electrons. The first kappa shape index (κ1) is 17.5. The molecule has 2 rings (SSSR count). The summed E-state index contributed by atoms with van der Waals surface area (Å²) in [6.07, 6.45) is 8.44. The van der Waals surface area contributed by atoms with E-state index in [-0.39, 0.29) is 5.91 Å². The van der Waals surface area contributed by atoms with E-state index in [1.165, 1.54) is 31.2 Å². The van der Waals surface area contributed by atoms with Gasteiger partial charge < -0.3 is 4.90 Å². The highest BCUT2D eigenvalue weighted by Gasteiger charge is 2.19. The maximum atomic E-state index is 12.7. The highest BCUT2D eigenvalue weighted by Crippen LogP contribution is 2.28. The molecule has 0 bridgehead atoms. The van der Waals surface area contributed by atoms with E-state index in [0.717, 1.165) is 18.6 Å². The van der Waals surface area contributed by atoms with Gasteiger partial charge >= 0.3 is 0 Å². The summed E-state index contributed by atoms with van der Waals surface area (Å²) >= 11 is 0. The number of fused-ring (bicyclic) bond motifs is 1. The lowest BCUT2D eigenvalue weighted by molar-refractivity contribution is 0.0775. The first-order valence-corrected chi connectivity index (χ1v) is 8.92. The zero-order valence-corrected chi connectivity index (χ0v) is 14.9. The van der Waals surface area contributed by atoms with Gasteiger partial charge in [0, 0.05) is 19.3 Å². The number of rotatable bonds is 8. The topological polar surface area (TPSA) is 37.6 Å². The average molecular weight is 315 g/mol. The lowest BCUT2D eigenvalue weighted by atomic mass is 9.90. The Balaban J connectivity index is 2.41. The van der Waals surface area contributed by atoms with Crippen LogP contribution in [0.1, 0.15) is 75.2 Å². The molecule has 0 saturated carbocycles. The summed E-state index contributed by atoms with van der Waals surface area (Å²) in [4.78, 5) is 14.5. The van der Waals surface area contributed by atoms with Gasteiger partial charge in [0.15, 0.2) is 0 Å². The van der Waals surface area contributed by atoms with E-state index < -0.39 is 0 Å². The second kappa shape index (κ2) is 8.14. The van der Waals surface area contributed by atoms with Gasteiger partial charge in [-0.15, -0.1) is 0 Å². The van der Waals surface area contributed by atoms with Crippen LogP contribution in [0.3, 0.4) is 0 Å². The molecule has 126 valence electrons. The molecule has 0 saturated heterocycles.